The highest BCUT2D eigenvalue weighted by Gasteiger charge is 2.13. The zero-order valence-electron chi connectivity index (χ0n) is 10.6. The van der Waals surface area contributed by atoms with Gasteiger partial charge in [-0.1, -0.05) is 18.2 Å². The first kappa shape index (κ1) is 11.8. The summed E-state index contributed by atoms with van der Waals surface area (Å²) in [4.78, 5) is 0. The number of rotatable bonds is 5. The molecule has 1 unspecified atom stereocenters. The number of hydrogen-bond acceptors (Lipinski definition) is 3. The monoisotopic (exact) mass is 244 g/mol. The SMILES string of the molecule is c1ccc2c(CNCCC3CCNC3)coc2c1. The normalized spacial score (nSPS) is 19.7. The highest BCUT2D eigenvalue weighted by molar-refractivity contribution is 5.80. The van der Waals surface area contributed by atoms with Gasteiger partial charge in [0.15, 0.2) is 0 Å². The molecule has 1 aromatic carbocycles. The summed E-state index contributed by atoms with van der Waals surface area (Å²) < 4.78 is 5.53. The third-order valence-corrected chi connectivity index (χ3v) is 3.77. The van der Waals surface area contributed by atoms with Gasteiger partial charge in [-0.2, -0.15) is 0 Å². The van der Waals surface area contributed by atoms with E-state index in [1.165, 1.54) is 36.9 Å². The van der Waals surface area contributed by atoms with E-state index in [-0.39, 0.29) is 0 Å². The van der Waals surface area contributed by atoms with Crippen LogP contribution in [0, 0.1) is 5.92 Å². The van der Waals surface area contributed by atoms with Crippen LogP contribution in [0.5, 0.6) is 0 Å². The van der Waals surface area contributed by atoms with Gasteiger partial charge in [0.05, 0.1) is 6.26 Å². The van der Waals surface area contributed by atoms with E-state index in [0.29, 0.717) is 0 Å². The second kappa shape index (κ2) is 5.55. The Balaban J connectivity index is 1.50. The van der Waals surface area contributed by atoms with Crippen LogP contribution in [0.4, 0.5) is 0 Å². The molecule has 2 aromatic rings. The highest BCUT2D eigenvalue weighted by Crippen LogP contribution is 2.20. The summed E-state index contributed by atoms with van der Waals surface area (Å²) in [7, 11) is 0. The maximum absolute atomic E-state index is 5.53. The van der Waals surface area contributed by atoms with Crippen molar-refractivity contribution in [3.63, 3.8) is 0 Å². The lowest BCUT2D eigenvalue weighted by molar-refractivity contribution is 0.499. The summed E-state index contributed by atoms with van der Waals surface area (Å²) in [6.07, 6.45) is 4.47. The molecule has 0 spiro atoms. The molecule has 1 aliphatic rings. The average Bonchev–Trinajstić information content (AvgIpc) is 3.04. The van der Waals surface area contributed by atoms with Gasteiger partial charge < -0.3 is 15.1 Å². The van der Waals surface area contributed by atoms with Crippen molar-refractivity contribution < 1.29 is 4.42 Å². The van der Waals surface area contributed by atoms with E-state index < -0.39 is 0 Å². The topological polar surface area (TPSA) is 37.2 Å². The van der Waals surface area contributed by atoms with E-state index in [1.54, 1.807) is 0 Å². The van der Waals surface area contributed by atoms with Gasteiger partial charge in [0.25, 0.3) is 0 Å². The zero-order chi connectivity index (χ0) is 12.2. The number of hydrogen-bond donors (Lipinski definition) is 2. The molecule has 3 heteroatoms. The molecule has 1 fully saturated rings. The largest absolute Gasteiger partial charge is 0.464 e. The van der Waals surface area contributed by atoms with Crippen molar-refractivity contribution in [2.75, 3.05) is 19.6 Å². The fraction of sp³-hybridized carbons (Fsp3) is 0.467. The van der Waals surface area contributed by atoms with Crippen LogP contribution >= 0.6 is 0 Å². The second-order valence-corrected chi connectivity index (χ2v) is 5.08. The lowest BCUT2D eigenvalue weighted by atomic mass is 10.1. The molecule has 1 aliphatic heterocycles. The molecule has 2 heterocycles. The van der Waals surface area contributed by atoms with E-state index in [0.717, 1.165) is 24.6 Å². The zero-order valence-corrected chi connectivity index (χ0v) is 10.6. The van der Waals surface area contributed by atoms with E-state index in [9.17, 15) is 0 Å². The molecule has 0 radical (unpaired) electrons. The van der Waals surface area contributed by atoms with Crippen LogP contribution in [0.2, 0.25) is 0 Å². The molecule has 3 rings (SSSR count). The van der Waals surface area contributed by atoms with Crippen LogP contribution in [0.15, 0.2) is 34.9 Å². The molecular formula is C15H20N2O. The Labute approximate surface area is 108 Å². The minimum absolute atomic E-state index is 0.860. The maximum atomic E-state index is 5.53. The van der Waals surface area contributed by atoms with Crippen molar-refractivity contribution in [3.05, 3.63) is 36.1 Å². The molecule has 18 heavy (non-hydrogen) atoms. The van der Waals surface area contributed by atoms with Crippen LogP contribution in [0.1, 0.15) is 18.4 Å². The smallest absolute Gasteiger partial charge is 0.134 e. The summed E-state index contributed by atoms with van der Waals surface area (Å²) in [5.41, 5.74) is 2.24. The predicted octanol–water partition coefficient (Wildman–Crippen LogP) is 2.52. The first-order chi connectivity index (χ1) is 8.93. The lowest BCUT2D eigenvalue weighted by Crippen LogP contribution is -2.18. The number of furan rings is 1. The van der Waals surface area contributed by atoms with E-state index in [1.807, 2.05) is 18.4 Å². The predicted molar refractivity (Wildman–Crippen MR) is 73.5 cm³/mol. The van der Waals surface area contributed by atoms with E-state index in [2.05, 4.69) is 22.8 Å². The van der Waals surface area contributed by atoms with Gasteiger partial charge in [-0.25, -0.2) is 0 Å². The van der Waals surface area contributed by atoms with Gasteiger partial charge in [0.1, 0.15) is 5.58 Å². The van der Waals surface area contributed by atoms with Gasteiger partial charge in [0, 0.05) is 17.5 Å². The minimum atomic E-state index is 0.860. The van der Waals surface area contributed by atoms with Gasteiger partial charge in [-0.15, -0.1) is 0 Å². The van der Waals surface area contributed by atoms with Crippen LogP contribution in [-0.4, -0.2) is 19.6 Å². The van der Waals surface area contributed by atoms with Crippen molar-refractivity contribution >= 4 is 11.0 Å². The molecule has 96 valence electrons. The Hall–Kier alpha value is -1.32. The summed E-state index contributed by atoms with van der Waals surface area (Å²) in [5, 5.41) is 8.16. The Morgan fingerprint density at radius 1 is 1.33 bits per heavy atom. The number of benzene rings is 1. The minimum Gasteiger partial charge on any atom is -0.464 e. The van der Waals surface area contributed by atoms with Crippen molar-refractivity contribution in [1.29, 1.82) is 0 Å². The highest BCUT2D eigenvalue weighted by atomic mass is 16.3. The Morgan fingerprint density at radius 2 is 2.28 bits per heavy atom. The standard InChI is InChI=1S/C15H20N2O/c1-2-4-15-14(3-1)13(11-18-15)10-17-8-6-12-5-7-16-9-12/h1-4,11-12,16-17H,5-10H2. The van der Waals surface area contributed by atoms with E-state index in [4.69, 9.17) is 4.42 Å². The molecule has 3 nitrogen and oxygen atoms in total. The molecule has 0 aliphatic carbocycles. The third-order valence-electron chi connectivity index (χ3n) is 3.77. The number of fused-ring (bicyclic) bond motifs is 1. The van der Waals surface area contributed by atoms with Gasteiger partial charge in [0.2, 0.25) is 0 Å². The fourth-order valence-electron chi connectivity index (χ4n) is 2.66. The summed E-state index contributed by atoms with van der Waals surface area (Å²) in [6, 6.07) is 8.21. The molecule has 1 atom stereocenters. The molecule has 0 bridgehead atoms. The Morgan fingerprint density at radius 3 is 3.17 bits per heavy atom. The van der Waals surface area contributed by atoms with Crippen LogP contribution < -0.4 is 10.6 Å². The Kier molecular flexibility index (Phi) is 3.62. The summed E-state index contributed by atoms with van der Waals surface area (Å²) >= 11 is 0. The number of nitrogens with one attached hydrogen (secondary N) is 2. The third kappa shape index (κ3) is 2.57. The molecule has 1 aromatic heterocycles. The molecule has 1 saturated heterocycles. The van der Waals surface area contributed by atoms with Crippen LogP contribution in [0.3, 0.4) is 0 Å². The molecule has 0 amide bonds. The van der Waals surface area contributed by atoms with Gasteiger partial charge in [-0.05, 0) is 44.5 Å². The molecule has 0 saturated carbocycles. The van der Waals surface area contributed by atoms with Crippen molar-refractivity contribution in [3.8, 4) is 0 Å². The van der Waals surface area contributed by atoms with Crippen molar-refractivity contribution in [2.45, 2.75) is 19.4 Å². The second-order valence-electron chi connectivity index (χ2n) is 5.08. The lowest BCUT2D eigenvalue weighted by Gasteiger charge is -2.08. The van der Waals surface area contributed by atoms with Crippen LogP contribution in [-0.2, 0) is 6.54 Å². The van der Waals surface area contributed by atoms with Gasteiger partial charge >= 0.3 is 0 Å². The first-order valence-corrected chi connectivity index (χ1v) is 6.80. The van der Waals surface area contributed by atoms with Gasteiger partial charge in [-0.3, -0.25) is 0 Å². The molecule has 2 N–H and O–H groups in total. The van der Waals surface area contributed by atoms with Crippen molar-refractivity contribution in [1.82, 2.24) is 10.6 Å². The average molecular weight is 244 g/mol. The maximum Gasteiger partial charge on any atom is 0.134 e. The molecular weight excluding hydrogens is 224 g/mol. The quantitative estimate of drug-likeness (QED) is 0.794. The van der Waals surface area contributed by atoms with Crippen LogP contribution in [0.25, 0.3) is 11.0 Å². The summed E-state index contributed by atoms with van der Waals surface area (Å²) in [6.45, 7) is 4.37. The fourth-order valence-corrected chi connectivity index (χ4v) is 2.66. The first-order valence-electron chi connectivity index (χ1n) is 6.80. The van der Waals surface area contributed by atoms with Crippen molar-refractivity contribution in [2.24, 2.45) is 5.92 Å². The van der Waals surface area contributed by atoms with E-state index >= 15 is 0 Å². The number of para-hydroxylation sites is 1. The Bertz CT molecular complexity index is 500. The summed E-state index contributed by atoms with van der Waals surface area (Å²) in [5.74, 6) is 0.860.